The monoisotopic (exact) mass is 906 g/mol. The first-order valence-corrected chi connectivity index (χ1v) is 28.1. The van der Waals surface area contributed by atoms with Crippen LogP contribution in [0.3, 0.4) is 0 Å². The molecule has 0 spiro atoms. The Bertz CT molecular complexity index is 982. The second-order valence-corrected chi connectivity index (χ2v) is 20.0. The molecular formula is C55H111N5O4. The summed E-state index contributed by atoms with van der Waals surface area (Å²) in [7, 11) is 0. The molecule has 3 unspecified atom stereocenters. The number of hydrogen-bond acceptors (Lipinski definition) is 6. The number of carbonyl (C=O) groups is 3. The molecule has 4 N–H and O–H groups in total. The number of carbonyl (C=O) groups excluding carboxylic acids is 3. The number of nitrogens with zero attached hydrogens (tertiary/aromatic N) is 2. The summed E-state index contributed by atoms with van der Waals surface area (Å²) in [5.74, 6) is 0.191. The van der Waals surface area contributed by atoms with Crippen LogP contribution in [-0.4, -0.2) is 96.6 Å². The molecule has 9 heteroatoms. The topological polar surface area (TPSA) is 114 Å². The van der Waals surface area contributed by atoms with Crippen LogP contribution in [0, 0.1) is 0 Å². The van der Waals surface area contributed by atoms with Crippen molar-refractivity contribution in [3.05, 3.63) is 0 Å². The van der Waals surface area contributed by atoms with Crippen LogP contribution in [0.15, 0.2) is 0 Å². The summed E-state index contributed by atoms with van der Waals surface area (Å²) in [5.41, 5.74) is 0. The molecule has 0 saturated carbocycles. The minimum absolute atomic E-state index is 0.0233. The summed E-state index contributed by atoms with van der Waals surface area (Å²) < 4.78 is 0. The highest BCUT2D eigenvalue weighted by Crippen LogP contribution is 2.15. The fourth-order valence-corrected chi connectivity index (χ4v) is 8.95. The van der Waals surface area contributed by atoms with Gasteiger partial charge in [0.1, 0.15) is 0 Å². The molecule has 0 aromatic carbocycles. The zero-order valence-electron chi connectivity index (χ0n) is 43.7. The highest BCUT2D eigenvalue weighted by atomic mass is 16.3. The lowest BCUT2D eigenvalue weighted by molar-refractivity contribution is -0.123. The van der Waals surface area contributed by atoms with Gasteiger partial charge in [-0.3, -0.25) is 19.3 Å². The molecule has 64 heavy (non-hydrogen) atoms. The largest absolute Gasteiger partial charge is 0.395 e. The van der Waals surface area contributed by atoms with Crippen LogP contribution in [0.4, 0.5) is 0 Å². The van der Waals surface area contributed by atoms with Gasteiger partial charge in [-0.05, 0) is 40.0 Å². The quantitative estimate of drug-likeness (QED) is 0.0452. The first-order valence-electron chi connectivity index (χ1n) is 28.1. The number of rotatable bonds is 50. The van der Waals surface area contributed by atoms with E-state index in [0.717, 1.165) is 38.5 Å². The van der Waals surface area contributed by atoms with Gasteiger partial charge in [0.15, 0.2) is 0 Å². The van der Waals surface area contributed by atoms with Gasteiger partial charge in [-0.2, -0.15) is 0 Å². The van der Waals surface area contributed by atoms with Gasteiger partial charge in [-0.1, -0.05) is 213 Å². The Labute approximate surface area is 398 Å². The molecule has 0 aliphatic carbocycles. The van der Waals surface area contributed by atoms with E-state index in [0.29, 0.717) is 58.5 Å². The number of amides is 3. The Morgan fingerprint density at radius 2 is 0.562 bits per heavy atom. The standard InChI is InChI=1S/C55H111N5O4/c1-7-10-13-16-19-22-25-28-31-34-37-50(4)56-53(62)40-43-59(44-41-54(63)57-51(5)38-35-32-29-26-23-20-17-14-11-8-2)46-47-60(48-49-61)45-42-55(64)58-52(6)39-36-33-30-27-24-21-18-15-12-9-3/h50-52,61H,7-49H2,1-6H3,(H,56,62)(H,57,63)(H,58,64). The third-order valence-electron chi connectivity index (χ3n) is 13.3. The predicted molar refractivity (Wildman–Crippen MR) is 276 cm³/mol. The molecule has 380 valence electrons. The number of aliphatic hydroxyl groups excluding tert-OH is 1. The maximum absolute atomic E-state index is 13.1. The Morgan fingerprint density at radius 1 is 0.344 bits per heavy atom. The number of hydrogen-bond donors (Lipinski definition) is 4. The Kier molecular flexibility index (Phi) is 46.5. The molecule has 9 nitrogen and oxygen atoms in total. The summed E-state index contributed by atoms with van der Waals surface area (Å²) in [6.07, 6.45) is 43.5. The molecule has 0 fully saturated rings. The van der Waals surface area contributed by atoms with Crippen molar-refractivity contribution in [1.29, 1.82) is 0 Å². The smallest absolute Gasteiger partial charge is 0.221 e. The lowest BCUT2D eigenvalue weighted by atomic mass is 10.0. The van der Waals surface area contributed by atoms with E-state index in [2.05, 4.69) is 67.3 Å². The van der Waals surface area contributed by atoms with E-state index in [1.165, 1.54) is 173 Å². The van der Waals surface area contributed by atoms with Crippen molar-refractivity contribution in [1.82, 2.24) is 25.8 Å². The summed E-state index contributed by atoms with van der Waals surface area (Å²) in [6.45, 7) is 16.7. The fourth-order valence-electron chi connectivity index (χ4n) is 8.95. The van der Waals surface area contributed by atoms with Crippen LogP contribution >= 0.6 is 0 Å². The maximum atomic E-state index is 13.1. The van der Waals surface area contributed by atoms with Crippen molar-refractivity contribution < 1.29 is 19.5 Å². The highest BCUT2D eigenvalue weighted by Gasteiger charge is 2.17. The Morgan fingerprint density at radius 3 is 0.797 bits per heavy atom. The zero-order chi connectivity index (χ0) is 47.1. The minimum Gasteiger partial charge on any atom is -0.395 e. The first-order chi connectivity index (χ1) is 31.1. The van der Waals surface area contributed by atoms with Gasteiger partial charge in [0.2, 0.25) is 17.7 Å². The van der Waals surface area contributed by atoms with Crippen LogP contribution in [0.25, 0.3) is 0 Å². The van der Waals surface area contributed by atoms with Gasteiger partial charge < -0.3 is 26.0 Å². The highest BCUT2D eigenvalue weighted by molar-refractivity contribution is 5.77. The van der Waals surface area contributed by atoms with E-state index in [-0.39, 0.29) is 42.5 Å². The van der Waals surface area contributed by atoms with Crippen LogP contribution in [-0.2, 0) is 14.4 Å². The fraction of sp³-hybridized carbons (Fsp3) is 0.945. The van der Waals surface area contributed by atoms with E-state index in [1.807, 2.05) is 0 Å². The number of unbranched alkanes of at least 4 members (excludes halogenated alkanes) is 27. The van der Waals surface area contributed by atoms with Gasteiger partial charge in [0.25, 0.3) is 0 Å². The van der Waals surface area contributed by atoms with Gasteiger partial charge in [-0.15, -0.1) is 0 Å². The SMILES string of the molecule is CCCCCCCCCCCCC(C)NC(=O)CCN(CCO)CCN(CCC(=O)NC(C)CCCCCCCCCCCC)CCC(=O)NC(C)CCCCCCCCCCCC. The predicted octanol–water partition coefficient (Wildman–Crippen LogP) is 13.2. The molecule has 0 aliphatic heterocycles. The van der Waals surface area contributed by atoms with Crippen molar-refractivity contribution in [3.63, 3.8) is 0 Å². The minimum atomic E-state index is 0.0233. The molecule has 0 bridgehead atoms. The average Bonchev–Trinajstić information content (AvgIpc) is 3.27. The summed E-state index contributed by atoms with van der Waals surface area (Å²) in [5, 5.41) is 19.6. The van der Waals surface area contributed by atoms with E-state index in [1.54, 1.807) is 0 Å². The van der Waals surface area contributed by atoms with Crippen LogP contribution in [0.1, 0.15) is 273 Å². The van der Waals surface area contributed by atoms with Crippen molar-refractivity contribution in [3.8, 4) is 0 Å². The first kappa shape index (κ1) is 62.3. The van der Waals surface area contributed by atoms with Gasteiger partial charge in [-0.25, -0.2) is 0 Å². The molecule has 0 aromatic rings. The second kappa shape index (κ2) is 47.8. The molecule has 3 atom stereocenters. The van der Waals surface area contributed by atoms with Gasteiger partial charge >= 0.3 is 0 Å². The zero-order valence-corrected chi connectivity index (χ0v) is 43.7. The maximum Gasteiger partial charge on any atom is 0.221 e. The third-order valence-corrected chi connectivity index (χ3v) is 13.3. The van der Waals surface area contributed by atoms with Gasteiger partial charge in [0, 0.05) is 76.7 Å². The average molecular weight is 907 g/mol. The summed E-state index contributed by atoms with van der Waals surface area (Å²) in [4.78, 5) is 43.6. The van der Waals surface area contributed by atoms with E-state index < -0.39 is 0 Å². The third kappa shape index (κ3) is 44.1. The van der Waals surface area contributed by atoms with Crippen molar-refractivity contribution >= 4 is 17.7 Å². The van der Waals surface area contributed by atoms with Crippen molar-refractivity contribution in [2.75, 3.05) is 45.9 Å². The van der Waals surface area contributed by atoms with Crippen LogP contribution < -0.4 is 16.0 Å². The molecule has 3 amide bonds. The normalized spacial score (nSPS) is 13.1. The van der Waals surface area contributed by atoms with Gasteiger partial charge in [0.05, 0.1) is 6.61 Å². The second-order valence-electron chi connectivity index (χ2n) is 20.0. The Balaban J connectivity index is 4.87. The Hall–Kier alpha value is -1.71. The molecule has 0 aromatic heterocycles. The summed E-state index contributed by atoms with van der Waals surface area (Å²) in [6, 6.07) is 0.471. The van der Waals surface area contributed by atoms with Crippen molar-refractivity contribution in [2.24, 2.45) is 0 Å². The lowest BCUT2D eigenvalue weighted by Crippen LogP contribution is -2.42. The van der Waals surface area contributed by atoms with Crippen molar-refractivity contribution in [2.45, 2.75) is 291 Å². The van der Waals surface area contributed by atoms with E-state index in [4.69, 9.17) is 0 Å². The van der Waals surface area contributed by atoms with Crippen LogP contribution in [0.2, 0.25) is 0 Å². The molecule has 0 aliphatic rings. The van der Waals surface area contributed by atoms with Crippen LogP contribution in [0.5, 0.6) is 0 Å². The van der Waals surface area contributed by atoms with E-state index in [9.17, 15) is 19.5 Å². The summed E-state index contributed by atoms with van der Waals surface area (Å²) >= 11 is 0. The number of nitrogens with one attached hydrogen (secondary N) is 3. The molecule has 0 rings (SSSR count). The number of aliphatic hydroxyl groups is 1. The molecular weight excluding hydrogens is 795 g/mol. The molecule has 0 heterocycles. The molecule has 0 radical (unpaired) electrons. The van der Waals surface area contributed by atoms with E-state index >= 15 is 0 Å². The lowest BCUT2D eigenvalue weighted by Gasteiger charge is -2.27. The molecule has 0 saturated heterocycles.